The van der Waals surface area contributed by atoms with Gasteiger partial charge in [0.15, 0.2) is 9.84 Å². The molecule has 5 heteroatoms. The molecule has 3 rings (SSSR count). The van der Waals surface area contributed by atoms with Crippen molar-refractivity contribution >= 4 is 9.84 Å². The quantitative estimate of drug-likeness (QED) is 0.772. The van der Waals surface area contributed by atoms with Gasteiger partial charge in [-0.1, -0.05) is 49.4 Å². The molecule has 0 spiro atoms. The van der Waals surface area contributed by atoms with Gasteiger partial charge >= 0.3 is 0 Å². The fraction of sp³-hybridized carbons (Fsp3) is 0.429. The van der Waals surface area contributed by atoms with Crippen molar-refractivity contribution in [3.63, 3.8) is 0 Å². The Hall–Kier alpha value is -1.69. The second-order valence-corrected chi connectivity index (χ2v) is 9.00. The summed E-state index contributed by atoms with van der Waals surface area (Å²) in [6.45, 7) is 5.20. The standard InChI is InChI=1S/C21H27NO3S/c1-3-16-10-12-17(13-11-16)19-20(21(19,14-22)15-25-4-2)26(23,24)18-8-6-5-7-9-18/h5-13,19-20H,3-4,14-15,22H2,1-2H3/t19-,20+,21+/m1/s1. The van der Waals surface area contributed by atoms with Crippen LogP contribution in [0.3, 0.4) is 0 Å². The van der Waals surface area contributed by atoms with E-state index in [4.69, 9.17) is 10.5 Å². The maximum atomic E-state index is 13.3. The van der Waals surface area contributed by atoms with E-state index in [2.05, 4.69) is 19.1 Å². The summed E-state index contributed by atoms with van der Waals surface area (Å²) in [5.41, 5.74) is 7.80. The molecule has 1 saturated carbocycles. The maximum Gasteiger partial charge on any atom is 0.182 e. The molecule has 0 unspecified atom stereocenters. The molecule has 2 aromatic rings. The monoisotopic (exact) mass is 373 g/mol. The van der Waals surface area contributed by atoms with Gasteiger partial charge < -0.3 is 10.5 Å². The third-order valence-corrected chi connectivity index (χ3v) is 7.83. The minimum Gasteiger partial charge on any atom is -0.381 e. The molecular formula is C21H27NO3S. The van der Waals surface area contributed by atoms with Crippen molar-refractivity contribution in [1.29, 1.82) is 0 Å². The number of ether oxygens (including phenoxy) is 1. The first-order valence-corrected chi connectivity index (χ1v) is 10.7. The van der Waals surface area contributed by atoms with E-state index < -0.39 is 20.5 Å². The molecule has 0 aliphatic heterocycles. The smallest absolute Gasteiger partial charge is 0.182 e. The Labute approximate surface area is 156 Å². The molecule has 0 radical (unpaired) electrons. The minimum absolute atomic E-state index is 0.143. The fourth-order valence-electron chi connectivity index (χ4n) is 3.93. The second kappa shape index (κ2) is 7.51. The van der Waals surface area contributed by atoms with Crippen LogP contribution < -0.4 is 5.73 Å². The summed E-state index contributed by atoms with van der Waals surface area (Å²) >= 11 is 0. The lowest BCUT2D eigenvalue weighted by atomic mass is 9.99. The van der Waals surface area contributed by atoms with Crippen LogP contribution in [-0.2, 0) is 21.0 Å². The first-order valence-electron chi connectivity index (χ1n) is 9.17. The fourth-order valence-corrected chi connectivity index (χ4v) is 6.40. The molecule has 0 saturated heterocycles. The zero-order chi connectivity index (χ0) is 18.8. The van der Waals surface area contributed by atoms with Crippen LogP contribution in [0, 0.1) is 5.41 Å². The van der Waals surface area contributed by atoms with Crippen molar-refractivity contribution in [3.8, 4) is 0 Å². The Balaban J connectivity index is 2.02. The van der Waals surface area contributed by atoms with Gasteiger partial charge in [0.2, 0.25) is 0 Å². The average molecular weight is 374 g/mol. The highest BCUT2D eigenvalue weighted by molar-refractivity contribution is 7.92. The lowest BCUT2D eigenvalue weighted by Crippen LogP contribution is -2.29. The second-order valence-electron chi connectivity index (χ2n) is 6.93. The summed E-state index contributed by atoms with van der Waals surface area (Å²) in [5.74, 6) is -0.143. The van der Waals surface area contributed by atoms with Crippen LogP contribution in [0.5, 0.6) is 0 Å². The van der Waals surface area contributed by atoms with Crippen molar-refractivity contribution in [1.82, 2.24) is 0 Å². The molecule has 1 fully saturated rings. The SMILES string of the molecule is CCOC[C@@]1(CN)[C@H](c2ccc(CC)cc2)[C@@H]1S(=O)(=O)c1ccccc1. The van der Waals surface area contributed by atoms with E-state index in [1.54, 1.807) is 24.3 Å². The summed E-state index contributed by atoms with van der Waals surface area (Å²) < 4.78 is 32.3. The van der Waals surface area contributed by atoms with Crippen LogP contribution in [-0.4, -0.2) is 33.4 Å². The average Bonchev–Trinajstić information content (AvgIpc) is 3.37. The van der Waals surface area contributed by atoms with E-state index in [0.29, 0.717) is 18.1 Å². The van der Waals surface area contributed by atoms with Crippen LogP contribution in [0.4, 0.5) is 0 Å². The third-order valence-electron chi connectivity index (χ3n) is 5.49. The molecule has 3 atom stereocenters. The van der Waals surface area contributed by atoms with Gasteiger partial charge in [0.1, 0.15) is 0 Å². The molecule has 0 heterocycles. The van der Waals surface area contributed by atoms with Gasteiger partial charge in [0.05, 0.1) is 16.8 Å². The highest BCUT2D eigenvalue weighted by Gasteiger charge is 2.70. The molecule has 2 N–H and O–H groups in total. The zero-order valence-electron chi connectivity index (χ0n) is 15.4. The number of aryl methyl sites for hydroxylation is 1. The topological polar surface area (TPSA) is 69.4 Å². The van der Waals surface area contributed by atoms with Crippen LogP contribution in [0.1, 0.15) is 30.9 Å². The van der Waals surface area contributed by atoms with Gasteiger partial charge in [-0.05, 0) is 36.6 Å². The highest BCUT2D eigenvalue weighted by atomic mass is 32.2. The number of sulfone groups is 1. The van der Waals surface area contributed by atoms with Gasteiger partial charge in [-0.3, -0.25) is 0 Å². The van der Waals surface area contributed by atoms with E-state index >= 15 is 0 Å². The predicted octanol–water partition coefficient (Wildman–Crippen LogP) is 3.17. The van der Waals surface area contributed by atoms with E-state index in [0.717, 1.165) is 12.0 Å². The van der Waals surface area contributed by atoms with Gasteiger partial charge in [-0.2, -0.15) is 0 Å². The van der Waals surface area contributed by atoms with E-state index in [1.807, 2.05) is 25.1 Å². The van der Waals surface area contributed by atoms with Crippen LogP contribution in [0.2, 0.25) is 0 Å². The largest absolute Gasteiger partial charge is 0.381 e. The van der Waals surface area contributed by atoms with Gasteiger partial charge in [0, 0.05) is 24.5 Å². The van der Waals surface area contributed by atoms with E-state index in [1.165, 1.54) is 5.56 Å². The molecule has 1 aliphatic carbocycles. The summed E-state index contributed by atoms with van der Waals surface area (Å²) in [4.78, 5) is 0.354. The molecular weight excluding hydrogens is 346 g/mol. The number of hydrogen-bond acceptors (Lipinski definition) is 4. The Morgan fingerprint density at radius 1 is 1.04 bits per heavy atom. The number of benzene rings is 2. The number of rotatable bonds is 8. The molecule has 4 nitrogen and oxygen atoms in total. The molecule has 140 valence electrons. The summed E-state index contributed by atoms with van der Waals surface area (Å²) in [6.07, 6.45) is 0.956. The Morgan fingerprint density at radius 2 is 1.69 bits per heavy atom. The Morgan fingerprint density at radius 3 is 2.23 bits per heavy atom. The maximum absolute atomic E-state index is 13.3. The van der Waals surface area contributed by atoms with Crippen LogP contribution in [0.15, 0.2) is 59.5 Å². The lowest BCUT2D eigenvalue weighted by Gasteiger charge is -2.16. The van der Waals surface area contributed by atoms with Gasteiger partial charge in [0.25, 0.3) is 0 Å². The first kappa shape index (κ1) is 19.1. The van der Waals surface area contributed by atoms with Crippen molar-refractivity contribution < 1.29 is 13.2 Å². The molecule has 0 bridgehead atoms. The van der Waals surface area contributed by atoms with Crippen molar-refractivity contribution in [2.75, 3.05) is 19.8 Å². The van der Waals surface area contributed by atoms with Crippen molar-refractivity contribution in [3.05, 3.63) is 65.7 Å². The minimum atomic E-state index is -3.49. The molecule has 1 aliphatic rings. The van der Waals surface area contributed by atoms with Gasteiger partial charge in [-0.25, -0.2) is 8.42 Å². The predicted molar refractivity (Wildman–Crippen MR) is 104 cm³/mol. The van der Waals surface area contributed by atoms with Gasteiger partial charge in [-0.15, -0.1) is 0 Å². The van der Waals surface area contributed by atoms with E-state index in [-0.39, 0.29) is 12.5 Å². The summed E-state index contributed by atoms with van der Waals surface area (Å²) in [7, 11) is -3.49. The highest BCUT2D eigenvalue weighted by Crippen LogP contribution is 2.63. The van der Waals surface area contributed by atoms with Crippen LogP contribution in [0.25, 0.3) is 0 Å². The Kier molecular flexibility index (Phi) is 5.51. The first-order chi connectivity index (χ1) is 12.5. The van der Waals surface area contributed by atoms with Crippen LogP contribution >= 0.6 is 0 Å². The summed E-state index contributed by atoms with van der Waals surface area (Å²) in [6, 6.07) is 16.9. The molecule has 0 aromatic heterocycles. The summed E-state index contributed by atoms with van der Waals surface area (Å²) in [5, 5.41) is -0.554. The Bertz CT molecular complexity index is 833. The lowest BCUT2D eigenvalue weighted by molar-refractivity contribution is 0.101. The molecule has 2 aromatic carbocycles. The molecule has 0 amide bonds. The zero-order valence-corrected chi connectivity index (χ0v) is 16.2. The molecule has 26 heavy (non-hydrogen) atoms. The van der Waals surface area contributed by atoms with Crippen molar-refractivity contribution in [2.45, 2.75) is 36.3 Å². The third kappa shape index (κ3) is 3.20. The van der Waals surface area contributed by atoms with E-state index in [9.17, 15) is 8.42 Å². The number of hydrogen-bond donors (Lipinski definition) is 1. The van der Waals surface area contributed by atoms with Crippen molar-refractivity contribution in [2.24, 2.45) is 11.1 Å². The normalized spacial score (nSPS) is 25.2. The number of nitrogens with two attached hydrogens (primary N) is 1.